The molecule has 24 heavy (non-hydrogen) atoms. The third-order valence-corrected chi connectivity index (χ3v) is 3.87. The van der Waals surface area contributed by atoms with Gasteiger partial charge in [-0.1, -0.05) is 0 Å². The van der Waals surface area contributed by atoms with Crippen molar-refractivity contribution in [2.75, 3.05) is 14.2 Å². The van der Waals surface area contributed by atoms with Crippen LogP contribution in [-0.2, 0) is 4.79 Å². The maximum Gasteiger partial charge on any atom is 0.210 e. The standard InChI is InChI=1S/C17H16O7/c1-22-12-5-8(6-13(23-2)15(12)20)17-16(21)14(19)10-4-3-9(18)7-11(10)24-17/h3-7,14,17-20H,1-2H3/t14?,17-/m1/s1. The summed E-state index contributed by atoms with van der Waals surface area (Å²) >= 11 is 0. The molecule has 0 saturated carbocycles. The first-order chi connectivity index (χ1) is 11.5. The first kappa shape index (κ1) is 15.9. The number of Topliss-reactive ketones (excluding diaryl/α,β-unsaturated/α-hetero) is 1. The number of ketones is 1. The zero-order valence-electron chi connectivity index (χ0n) is 13.0. The Balaban J connectivity index is 2.08. The molecule has 0 saturated heterocycles. The molecule has 0 aliphatic carbocycles. The van der Waals surface area contributed by atoms with Crippen molar-refractivity contribution in [2.24, 2.45) is 0 Å². The van der Waals surface area contributed by atoms with Gasteiger partial charge >= 0.3 is 0 Å². The molecule has 0 spiro atoms. The van der Waals surface area contributed by atoms with Crippen LogP contribution in [0.3, 0.4) is 0 Å². The van der Waals surface area contributed by atoms with E-state index in [1.54, 1.807) is 0 Å². The van der Waals surface area contributed by atoms with Crippen LogP contribution in [0.2, 0.25) is 0 Å². The zero-order valence-corrected chi connectivity index (χ0v) is 13.0. The lowest BCUT2D eigenvalue weighted by atomic mass is 9.93. The number of aromatic hydroxyl groups is 2. The number of ether oxygens (including phenoxy) is 3. The number of rotatable bonds is 3. The SMILES string of the molecule is COc1cc([C@H]2Oc3cc(O)ccc3C(O)C2=O)cc(OC)c1O. The van der Waals surface area contributed by atoms with Gasteiger partial charge in [0.15, 0.2) is 17.6 Å². The average molecular weight is 332 g/mol. The van der Waals surface area contributed by atoms with Gasteiger partial charge in [-0.05, 0) is 24.3 Å². The highest BCUT2D eigenvalue weighted by Crippen LogP contribution is 2.44. The van der Waals surface area contributed by atoms with E-state index in [0.29, 0.717) is 5.56 Å². The minimum atomic E-state index is -1.38. The van der Waals surface area contributed by atoms with Crippen LogP contribution in [0.5, 0.6) is 28.7 Å². The number of phenolic OH excluding ortho intramolecular Hbond substituents is 2. The number of carbonyl (C=O) groups excluding carboxylic acids is 1. The molecule has 0 bridgehead atoms. The molecule has 7 nitrogen and oxygen atoms in total. The highest BCUT2D eigenvalue weighted by Gasteiger charge is 2.37. The van der Waals surface area contributed by atoms with Crippen LogP contribution in [-0.4, -0.2) is 35.3 Å². The largest absolute Gasteiger partial charge is 0.508 e. The van der Waals surface area contributed by atoms with E-state index in [9.17, 15) is 20.1 Å². The van der Waals surface area contributed by atoms with Crippen LogP contribution in [0.1, 0.15) is 23.3 Å². The molecule has 126 valence electrons. The van der Waals surface area contributed by atoms with Crippen molar-refractivity contribution < 1.29 is 34.3 Å². The van der Waals surface area contributed by atoms with Crippen molar-refractivity contribution in [3.63, 3.8) is 0 Å². The molecule has 0 amide bonds. The molecular formula is C17H16O7. The maximum absolute atomic E-state index is 12.5. The lowest BCUT2D eigenvalue weighted by Gasteiger charge is -2.29. The van der Waals surface area contributed by atoms with E-state index in [2.05, 4.69) is 0 Å². The van der Waals surface area contributed by atoms with Crippen LogP contribution >= 0.6 is 0 Å². The van der Waals surface area contributed by atoms with Crippen molar-refractivity contribution in [3.8, 4) is 28.7 Å². The topological polar surface area (TPSA) is 105 Å². The van der Waals surface area contributed by atoms with E-state index < -0.39 is 18.0 Å². The quantitative estimate of drug-likeness (QED) is 0.787. The molecule has 1 heterocycles. The fourth-order valence-corrected chi connectivity index (χ4v) is 2.63. The van der Waals surface area contributed by atoms with Crippen LogP contribution < -0.4 is 14.2 Å². The molecule has 3 N–H and O–H groups in total. The molecule has 0 aromatic heterocycles. The normalized spacial score (nSPS) is 19.4. The van der Waals surface area contributed by atoms with Gasteiger partial charge < -0.3 is 29.5 Å². The summed E-state index contributed by atoms with van der Waals surface area (Å²) in [5.74, 6) is -0.393. The summed E-state index contributed by atoms with van der Waals surface area (Å²) in [6, 6.07) is 6.99. The number of benzene rings is 2. The van der Waals surface area contributed by atoms with Gasteiger partial charge in [-0.25, -0.2) is 0 Å². The first-order valence-electron chi connectivity index (χ1n) is 7.12. The molecule has 2 aromatic rings. The molecule has 0 fully saturated rings. The van der Waals surface area contributed by atoms with Gasteiger partial charge in [-0.3, -0.25) is 4.79 Å². The number of phenols is 2. The lowest BCUT2D eigenvalue weighted by molar-refractivity contribution is -0.137. The van der Waals surface area contributed by atoms with Gasteiger partial charge in [-0.15, -0.1) is 0 Å². The number of carbonyl (C=O) groups is 1. The number of hydrogen-bond acceptors (Lipinski definition) is 7. The third kappa shape index (κ3) is 2.48. The number of hydrogen-bond donors (Lipinski definition) is 3. The Bertz CT molecular complexity index is 775. The Morgan fingerprint density at radius 3 is 2.25 bits per heavy atom. The molecule has 3 rings (SSSR count). The Labute approximate surface area is 137 Å². The second kappa shape index (κ2) is 5.93. The van der Waals surface area contributed by atoms with Gasteiger partial charge in [0.05, 0.1) is 14.2 Å². The van der Waals surface area contributed by atoms with Crippen LogP contribution in [0.4, 0.5) is 0 Å². The number of aliphatic hydroxyl groups excluding tert-OH is 1. The van der Waals surface area contributed by atoms with Crippen LogP contribution in [0, 0.1) is 0 Å². The summed E-state index contributed by atoms with van der Waals surface area (Å²) in [6.45, 7) is 0. The number of fused-ring (bicyclic) bond motifs is 1. The van der Waals surface area contributed by atoms with Gasteiger partial charge in [0.2, 0.25) is 11.5 Å². The smallest absolute Gasteiger partial charge is 0.210 e. The molecular weight excluding hydrogens is 316 g/mol. The van der Waals surface area contributed by atoms with Gasteiger partial charge in [0.25, 0.3) is 0 Å². The maximum atomic E-state index is 12.5. The molecule has 2 atom stereocenters. The molecule has 0 radical (unpaired) electrons. The fourth-order valence-electron chi connectivity index (χ4n) is 2.63. The summed E-state index contributed by atoms with van der Waals surface area (Å²) in [5.41, 5.74) is 0.631. The zero-order chi connectivity index (χ0) is 17.4. The Morgan fingerprint density at radius 1 is 1.04 bits per heavy atom. The van der Waals surface area contributed by atoms with Crippen molar-refractivity contribution >= 4 is 5.78 Å². The summed E-state index contributed by atoms with van der Waals surface area (Å²) < 4.78 is 15.8. The number of methoxy groups -OCH3 is 2. The molecule has 7 heteroatoms. The van der Waals surface area contributed by atoms with Gasteiger partial charge in [-0.2, -0.15) is 0 Å². The van der Waals surface area contributed by atoms with Crippen molar-refractivity contribution in [1.82, 2.24) is 0 Å². The summed E-state index contributed by atoms with van der Waals surface area (Å²) in [6.07, 6.45) is -2.51. The Hall–Kier alpha value is -2.93. The summed E-state index contributed by atoms with van der Waals surface area (Å²) in [5, 5.41) is 29.8. The number of aliphatic hydroxyl groups is 1. The first-order valence-corrected chi connectivity index (χ1v) is 7.12. The Morgan fingerprint density at radius 2 is 1.67 bits per heavy atom. The Kier molecular flexibility index (Phi) is 3.94. The molecule has 2 aromatic carbocycles. The summed E-state index contributed by atoms with van der Waals surface area (Å²) in [7, 11) is 2.73. The summed E-state index contributed by atoms with van der Waals surface area (Å²) in [4.78, 5) is 12.5. The third-order valence-electron chi connectivity index (χ3n) is 3.87. The van der Waals surface area contributed by atoms with Gasteiger partial charge in [0.1, 0.15) is 17.6 Å². The van der Waals surface area contributed by atoms with Crippen molar-refractivity contribution in [2.45, 2.75) is 12.2 Å². The second-order valence-electron chi connectivity index (χ2n) is 5.30. The van der Waals surface area contributed by atoms with Crippen LogP contribution in [0.15, 0.2) is 30.3 Å². The lowest BCUT2D eigenvalue weighted by Crippen LogP contribution is -2.30. The minimum absolute atomic E-state index is 0.0464. The van der Waals surface area contributed by atoms with E-state index in [1.807, 2.05) is 0 Å². The average Bonchev–Trinajstić information content (AvgIpc) is 2.58. The molecule has 1 unspecified atom stereocenters. The highest BCUT2D eigenvalue weighted by atomic mass is 16.5. The van der Waals surface area contributed by atoms with Crippen molar-refractivity contribution in [1.29, 1.82) is 0 Å². The van der Waals surface area contributed by atoms with Gasteiger partial charge in [0, 0.05) is 17.2 Å². The van der Waals surface area contributed by atoms with Crippen molar-refractivity contribution in [3.05, 3.63) is 41.5 Å². The molecule has 1 aliphatic heterocycles. The second-order valence-corrected chi connectivity index (χ2v) is 5.30. The van der Waals surface area contributed by atoms with E-state index in [0.717, 1.165) is 0 Å². The predicted molar refractivity (Wildman–Crippen MR) is 82.7 cm³/mol. The monoisotopic (exact) mass is 332 g/mol. The van der Waals surface area contributed by atoms with E-state index in [1.165, 1.54) is 44.6 Å². The van der Waals surface area contributed by atoms with Crippen LogP contribution in [0.25, 0.3) is 0 Å². The van der Waals surface area contributed by atoms with E-state index >= 15 is 0 Å². The van der Waals surface area contributed by atoms with E-state index in [4.69, 9.17) is 14.2 Å². The highest BCUT2D eigenvalue weighted by molar-refractivity contribution is 5.92. The minimum Gasteiger partial charge on any atom is -0.508 e. The fraction of sp³-hybridized carbons (Fsp3) is 0.235. The predicted octanol–water partition coefficient (Wildman–Crippen LogP) is 1.85. The van der Waals surface area contributed by atoms with E-state index in [-0.39, 0.29) is 34.3 Å². The molecule has 1 aliphatic rings.